The number of thioether (sulfide) groups is 1. The summed E-state index contributed by atoms with van der Waals surface area (Å²) in [5.74, 6) is 2.06. The summed E-state index contributed by atoms with van der Waals surface area (Å²) < 4.78 is 7.12. The third-order valence-electron chi connectivity index (χ3n) is 2.49. The van der Waals surface area contributed by atoms with Crippen LogP contribution in [0.25, 0.3) is 0 Å². The van der Waals surface area contributed by atoms with Gasteiger partial charge in [0.15, 0.2) is 0 Å². The number of nitrogens with one attached hydrogen (secondary N) is 1. The molecule has 5 heteroatoms. The maximum atomic E-state index is 5.33. The van der Waals surface area contributed by atoms with Crippen LogP contribution in [-0.2, 0) is 13.6 Å². The zero-order chi connectivity index (χ0) is 12.0. The molecule has 1 N–H and O–H groups in total. The number of rotatable bonds is 7. The number of nitrogens with zero attached hydrogens (tertiary/aromatic N) is 2. The van der Waals surface area contributed by atoms with Gasteiger partial charge in [0.25, 0.3) is 0 Å². The summed E-state index contributed by atoms with van der Waals surface area (Å²) in [7, 11) is 3.59. The van der Waals surface area contributed by atoms with E-state index in [9.17, 15) is 0 Å². The molecule has 1 aromatic rings. The third-order valence-corrected chi connectivity index (χ3v) is 3.18. The predicted molar refractivity (Wildman–Crippen MR) is 69.2 cm³/mol. The topological polar surface area (TPSA) is 39.1 Å². The van der Waals surface area contributed by atoms with Gasteiger partial charge in [0.1, 0.15) is 0 Å². The van der Waals surface area contributed by atoms with Crippen molar-refractivity contribution in [3.05, 3.63) is 11.3 Å². The highest BCUT2D eigenvalue weighted by molar-refractivity contribution is 7.98. The molecule has 1 aromatic heterocycles. The van der Waals surface area contributed by atoms with Crippen molar-refractivity contribution < 1.29 is 4.74 Å². The first kappa shape index (κ1) is 13.4. The Bertz CT molecular complexity index is 325. The highest BCUT2D eigenvalue weighted by Gasteiger charge is 2.12. The second-order valence-electron chi connectivity index (χ2n) is 3.72. The van der Waals surface area contributed by atoms with E-state index in [1.807, 2.05) is 25.7 Å². The van der Waals surface area contributed by atoms with E-state index in [0.29, 0.717) is 0 Å². The van der Waals surface area contributed by atoms with Crippen molar-refractivity contribution in [3.8, 4) is 5.88 Å². The summed E-state index contributed by atoms with van der Waals surface area (Å²) in [6.45, 7) is 3.89. The Morgan fingerprint density at radius 1 is 1.50 bits per heavy atom. The van der Waals surface area contributed by atoms with Crippen LogP contribution in [0.2, 0.25) is 0 Å². The molecule has 1 rings (SSSR count). The van der Waals surface area contributed by atoms with Crippen LogP contribution in [-0.4, -0.2) is 35.4 Å². The SMILES string of the molecule is COc1c(CNCCCSC)c(C)nn1C. The van der Waals surface area contributed by atoms with Crippen LogP contribution in [0.15, 0.2) is 0 Å². The molecule has 16 heavy (non-hydrogen) atoms. The van der Waals surface area contributed by atoms with Gasteiger partial charge in [0.05, 0.1) is 18.4 Å². The number of aromatic nitrogens is 2. The highest BCUT2D eigenvalue weighted by Crippen LogP contribution is 2.20. The van der Waals surface area contributed by atoms with Gasteiger partial charge in [-0.05, 0) is 31.9 Å². The van der Waals surface area contributed by atoms with E-state index in [0.717, 1.165) is 30.2 Å². The summed E-state index contributed by atoms with van der Waals surface area (Å²) in [5, 5.41) is 7.76. The molecule has 0 amide bonds. The molecule has 0 saturated heterocycles. The normalized spacial score (nSPS) is 10.8. The Morgan fingerprint density at radius 2 is 2.25 bits per heavy atom. The Morgan fingerprint density at radius 3 is 2.88 bits per heavy atom. The molecule has 0 bridgehead atoms. The highest BCUT2D eigenvalue weighted by atomic mass is 32.2. The van der Waals surface area contributed by atoms with Gasteiger partial charge < -0.3 is 10.1 Å². The quantitative estimate of drug-likeness (QED) is 0.738. The standard InChI is InChI=1S/C11H21N3OS/c1-9-10(8-12-6-5-7-16-4)11(15-3)14(2)13-9/h12H,5-8H2,1-4H3. The van der Waals surface area contributed by atoms with Crippen molar-refractivity contribution in [1.82, 2.24) is 15.1 Å². The fraction of sp³-hybridized carbons (Fsp3) is 0.727. The molecule has 0 aromatic carbocycles. The Balaban J connectivity index is 2.46. The molecule has 0 fully saturated rings. The Labute approximate surface area is 102 Å². The molecule has 1 heterocycles. The molecule has 0 saturated carbocycles. The number of methoxy groups -OCH3 is 1. The van der Waals surface area contributed by atoms with Crippen molar-refractivity contribution in [1.29, 1.82) is 0 Å². The smallest absolute Gasteiger partial charge is 0.216 e. The first-order valence-corrected chi connectivity index (χ1v) is 6.86. The van der Waals surface area contributed by atoms with Gasteiger partial charge in [0.2, 0.25) is 5.88 Å². The van der Waals surface area contributed by atoms with E-state index in [1.54, 1.807) is 11.8 Å². The summed E-state index contributed by atoms with van der Waals surface area (Å²) in [5.41, 5.74) is 2.20. The third kappa shape index (κ3) is 3.42. The lowest BCUT2D eigenvalue weighted by atomic mass is 10.2. The van der Waals surface area contributed by atoms with E-state index in [4.69, 9.17) is 4.74 Å². The number of hydrogen-bond donors (Lipinski definition) is 1. The predicted octanol–water partition coefficient (Wildman–Crippen LogP) is 1.58. The van der Waals surface area contributed by atoms with Crippen molar-refractivity contribution >= 4 is 11.8 Å². The molecular weight excluding hydrogens is 222 g/mol. The molecule has 0 aliphatic heterocycles. The van der Waals surface area contributed by atoms with Crippen molar-refractivity contribution in [2.45, 2.75) is 19.9 Å². The first-order valence-electron chi connectivity index (χ1n) is 5.46. The van der Waals surface area contributed by atoms with E-state index >= 15 is 0 Å². The first-order chi connectivity index (χ1) is 7.70. The molecular formula is C11H21N3OS. The summed E-state index contributed by atoms with van der Waals surface area (Å²) in [6.07, 6.45) is 3.33. The number of hydrogen-bond acceptors (Lipinski definition) is 4. The number of ether oxygens (including phenoxy) is 1. The molecule has 0 aliphatic carbocycles. The summed E-state index contributed by atoms with van der Waals surface area (Å²) in [4.78, 5) is 0. The molecule has 0 spiro atoms. The molecule has 0 aliphatic rings. The maximum Gasteiger partial charge on any atom is 0.216 e. The monoisotopic (exact) mass is 243 g/mol. The van der Waals surface area contributed by atoms with Crippen LogP contribution in [0.1, 0.15) is 17.7 Å². The van der Waals surface area contributed by atoms with Gasteiger partial charge in [-0.3, -0.25) is 0 Å². The van der Waals surface area contributed by atoms with Crippen molar-refractivity contribution in [3.63, 3.8) is 0 Å². The summed E-state index contributed by atoms with van der Waals surface area (Å²) in [6, 6.07) is 0. The minimum Gasteiger partial charge on any atom is -0.481 e. The molecule has 4 nitrogen and oxygen atoms in total. The van der Waals surface area contributed by atoms with Crippen LogP contribution in [0.5, 0.6) is 5.88 Å². The summed E-state index contributed by atoms with van der Waals surface area (Å²) >= 11 is 1.88. The zero-order valence-electron chi connectivity index (χ0n) is 10.5. The molecule has 0 radical (unpaired) electrons. The Kier molecular flexibility index (Phi) is 5.69. The average Bonchev–Trinajstić information content (AvgIpc) is 2.53. The second kappa shape index (κ2) is 6.81. The van der Waals surface area contributed by atoms with Gasteiger partial charge in [-0.2, -0.15) is 16.9 Å². The minimum atomic E-state index is 0.831. The second-order valence-corrected chi connectivity index (χ2v) is 4.71. The van der Waals surface area contributed by atoms with E-state index in [2.05, 4.69) is 16.7 Å². The minimum absolute atomic E-state index is 0.831. The maximum absolute atomic E-state index is 5.33. The largest absolute Gasteiger partial charge is 0.481 e. The van der Waals surface area contributed by atoms with Crippen LogP contribution in [0.3, 0.4) is 0 Å². The molecule has 0 unspecified atom stereocenters. The lowest BCUT2D eigenvalue weighted by Gasteiger charge is -2.06. The van der Waals surface area contributed by atoms with E-state index in [-0.39, 0.29) is 0 Å². The van der Waals surface area contributed by atoms with Crippen LogP contribution >= 0.6 is 11.8 Å². The average molecular weight is 243 g/mol. The molecule has 92 valence electrons. The van der Waals surface area contributed by atoms with Gasteiger partial charge in [-0.25, -0.2) is 4.68 Å². The lowest BCUT2D eigenvalue weighted by Crippen LogP contribution is -2.16. The van der Waals surface area contributed by atoms with Crippen LogP contribution in [0.4, 0.5) is 0 Å². The molecule has 0 atom stereocenters. The van der Waals surface area contributed by atoms with Crippen molar-refractivity contribution in [2.75, 3.05) is 25.7 Å². The van der Waals surface area contributed by atoms with Gasteiger partial charge in [-0.1, -0.05) is 0 Å². The van der Waals surface area contributed by atoms with Gasteiger partial charge in [-0.15, -0.1) is 0 Å². The van der Waals surface area contributed by atoms with Gasteiger partial charge in [0, 0.05) is 13.6 Å². The Hall–Kier alpha value is -0.680. The fourth-order valence-electron chi connectivity index (χ4n) is 1.69. The fourth-order valence-corrected chi connectivity index (χ4v) is 2.13. The van der Waals surface area contributed by atoms with E-state index in [1.165, 1.54) is 12.2 Å². The zero-order valence-corrected chi connectivity index (χ0v) is 11.4. The van der Waals surface area contributed by atoms with Crippen molar-refractivity contribution in [2.24, 2.45) is 7.05 Å². The van der Waals surface area contributed by atoms with Crippen LogP contribution < -0.4 is 10.1 Å². The lowest BCUT2D eigenvalue weighted by molar-refractivity contribution is 0.368. The number of aryl methyl sites for hydroxylation is 2. The van der Waals surface area contributed by atoms with Crippen LogP contribution in [0, 0.1) is 6.92 Å². The van der Waals surface area contributed by atoms with E-state index < -0.39 is 0 Å². The van der Waals surface area contributed by atoms with Gasteiger partial charge >= 0.3 is 0 Å².